The van der Waals surface area contributed by atoms with E-state index >= 15 is 0 Å². The minimum Gasteiger partial charge on any atom is -0.465 e. The number of nitro benzene ring substituents is 1. The van der Waals surface area contributed by atoms with Crippen LogP contribution in [0.3, 0.4) is 0 Å². The minimum atomic E-state index is -0.412. The van der Waals surface area contributed by atoms with Gasteiger partial charge >= 0.3 is 0 Å². The molecule has 1 aromatic carbocycles. The summed E-state index contributed by atoms with van der Waals surface area (Å²) in [7, 11) is 0. The predicted octanol–water partition coefficient (Wildman–Crippen LogP) is 2.76. The highest BCUT2D eigenvalue weighted by Crippen LogP contribution is 2.31. The molecule has 2 heterocycles. The van der Waals surface area contributed by atoms with Crippen molar-refractivity contribution in [2.75, 3.05) is 13.1 Å². The molecule has 8 heteroatoms. The number of piperidine rings is 1. The van der Waals surface area contributed by atoms with E-state index in [1.807, 2.05) is 0 Å². The molecule has 0 amide bonds. The second-order valence-corrected chi connectivity index (χ2v) is 5.47. The molecular weight excluding hydrogens is 302 g/mol. The zero-order valence-corrected chi connectivity index (χ0v) is 12.2. The lowest BCUT2D eigenvalue weighted by molar-refractivity contribution is -0.384. The first-order valence-corrected chi connectivity index (χ1v) is 6.96. The number of thiazole rings is 1. The van der Waals surface area contributed by atoms with E-state index in [-0.39, 0.29) is 24.2 Å². The van der Waals surface area contributed by atoms with Gasteiger partial charge in [-0.25, -0.2) is 4.98 Å². The normalized spacial score (nSPS) is 18.5. The fourth-order valence-electron chi connectivity index (χ4n) is 2.12. The third kappa shape index (κ3) is 3.17. The third-order valence-electron chi connectivity index (χ3n) is 3.08. The maximum Gasteiger partial charge on any atom is 0.274 e. The van der Waals surface area contributed by atoms with Gasteiger partial charge in [0.2, 0.25) is 0 Å². The van der Waals surface area contributed by atoms with E-state index in [0.717, 1.165) is 30.6 Å². The van der Waals surface area contributed by atoms with Gasteiger partial charge in [0.05, 0.1) is 15.1 Å². The van der Waals surface area contributed by atoms with Gasteiger partial charge in [-0.2, -0.15) is 0 Å². The molecule has 1 aliphatic heterocycles. The number of aromatic nitrogens is 1. The van der Waals surface area contributed by atoms with Crippen LogP contribution in [-0.4, -0.2) is 29.1 Å². The maximum atomic E-state index is 10.7. The summed E-state index contributed by atoms with van der Waals surface area (Å²) in [6.07, 6.45) is 2.26. The van der Waals surface area contributed by atoms with E-state index in [0.29, 0.717) is 10.7 Å². The molecule has 0 saturated carbocycles. The Morgan fingerprint density at radius 3 is 3.05 bits per heavy atom. The molecule has 108 valence electrons. The maximum absolute atomic E-state index is 10.7. The number of halogens is 1. The number of nitrogens with one attached hydrogen (secondary N) is 1. The summed E-state index contributed by atoms with van der Waals surface area (Å²) in [4.78, 5) is 14.6. The van der Waals surface area contributed by atoms with Gasteiger partial charge in [-0.3, -0.25) is 10.1 Å². The molecule has 0 bridgehead atoms. The molecule has 20 heavy (non-hydrogen) atoms. The van der Waals surface area contributed by atoms with Crippen molar-refractivity contribution in [3.05, 3.63) is 28.3 Å². The lowest BCUT2D eigenvalue weighted by Gasteiger charge is -2.22. The summed E-state index contributed by atoms with van der Waals surface area (Å²) >= 11 is 1.43. The highest BCUT2D eigenvalue weighted by molar-refractivity contribution is 7.20. The molecule has 3 rings (SSSR count). The lowest BCUT2D eigenvalue weighted by Crippen LogP contribution is -2.37. The van der Waals surface area contributed by atoms with Gasteiger partial charge in [0.15, 0.2) is 0 Å². The standard InChI is InChI=1S/C12H13N3O3S.ClH/c16-15(17)8-3-4-11-10(6-8)14-12(19-11)18-9-2-1-5-13-7-9;/h3-4,6,9,13H,1-2,5,7H2;1H. The Morgan fingerprint density at radius 1 is 1.50 bits per heavy atom. The van der Waals surface area contributed by atoms with Crippen molar-refractivity contribution in [1.29, 1.82) is 0 Å². The van der Waals surface area contributed by atoms with Gasteiger partial charge in [0, 0.05) is 18.7 Å². The first kappa shape index (κ1) is 15.0. The first-order chi connectivity index (χ1) is 9.22. The Balaban J connectivity index is 0.00000147. The molecule has 2 aromatic rings. The van der Waals surface area contributed by atoms with E-state index < -0.39 is 4.92 Å². The van der Waals surface area contributed by atoms with Crippen LogP contribution in [0.2, 0.25) is 0 Å². The van der Waals surface area contributed by atoms with Gasteiger partial charge in [-0.1, -0.05) is 11.3 Å². The molecule has 0 spiro atoms. The van der Waals surface area contributed by atoms with Crippen LogP contribution in [0.1, 0.15) is 12.8 Å². The van der Waals surface area contributed by atoms with Crippen molar-refractivity contribution in [2.45, 2.75) is 18.9 Å². The van der Waals surface area contributed by atoms with Gasteiger partial charge in [-0.15, -0.1) is 12.4 Å². The van der Waals surface area contributed by atoms with E-state index in [1.54, 1.807) is 6.07 Å². The van der Waals surface area contributed by atoms with Crippen molar-refractivity contribution >= 4 is 39.6 Å². The van der Waals surface area contributed by atoms with Gasteiger partial charge in [0.25, 0.3) is 10.9 Å². The van der Waals surface area contributed by atoms with Crippen molar-refractivity contribution in [3.8, 4) is 5.19 Å². The smallest absolute Gasteiger partial charge is 0.274 e. The molecule has 1 atom stereocenters. The fourth-order valence-corrected chi connectivity index (χ4v) is 2.98. The molecule has 0 aliphatic carbocycles. The van der Waals surface area contributed by atoms with Crippen LogP contribution in [0.5, 0.6) is 5.19 Å². The predicted molar refractivity (Wildman–Crippen MR) is 80.0 cm³/mol. The second-order valence-electron chi connectivity index (χ2n) is 4.48. The quantitative estimate of drug-likeness (QED) is 0.696. The number of nitro groups is 1. The zero-order valence-electron chi connectivity index (χ0n) is 10.6. The van der Waals surface area contributed by atoms with Gasteiger partial charge in [-0.05, 0) is 25.5 Å². The van der Waals surface area contributed by atoms with Crippen molar-refractivity contribution in [3.63, 3.8) is 0 Å². The summed E-state index contributed by atoms with van der Waals surface area (Å²) in [5.41, 5.74) is 0.682. The number of fused-ring (bicyclic) bond motifs is 1. The Morgan fingerprint density at radius 2 is 2.35 bits per heavy atom. The number of nitrogens with zero attached hydrogens (tertiary/aromatic N) is 2. The Hall–Kier alpha value is -1.44. The Labute approximate surface area is 125 Å². The number of benzene rings is 1. The van der Waals surface area contributed by atoms with Crippen LogP contribution in [-0.2, 0) is 0 Å². The monoisotopic (exact) mass is 315 g/mol. The van der Waals surface area contributed by atoms with Crippen molar-refractivity contribution < 1.29 is 9.66 Å². The van der Waals surface area contributed by atoms with Crippen LogP contribution in [0.25, 0.3) is 10.2 Å². The SMILES string of the molecule is Cl.O=[N+]([O-])c1ccc2sc(OC3CCCNC3)nc2c1. The summed E-state index contributed by atoms with van der Waals surface area (Å²) in [5, 5.41) is 14.6. The minimum absolute atomic E-state index is 0. The molecular formula is C12H14ClN3O3S. The summed E-state index contributed by atoms with van der Waals surface area (Å²) in [5.74, 6) is 0. The Bertz CT molecular complexity index is 613. The topological polar surface area (TPSA) is 77.3 Å². The molecule has 1 fully saturated rings. The van der Waals surface area contributed by atoms with E-state index in [9.17, 15) is 10.1 Å². The molecule has 1 N–H and O–H groups in total. The van der Waals surface area contributed by atoms with E-state index in [4.69, 9.17) is 4.74 Å². The summed E-state index contributed by atoms with van der Waals surface area (Å²) in [6, 6.07) is 4.70. The highest BCUT2D eigenvalue weighted by atomic mass is 35.5. The first-order valence-electron chi connectivity index (χ1n) is 6.15. The average molecular weight is 316 g/mol. The van der Waals surface area contributed by atoms with Crippen LogP contribution >= 0.6 is 23.7 Å². The summed E-state index contributed by atoms with van der Waals surface area (Å²) < 4.78 is 6.72. The third-order valence-corrected chi connectivity index (χ3v) is 4.01. The average Bonchev–Trinajstić information content (AvgIpc) is 2.80. The van der Waals surface area contributed by atoms with Crippen LogP contribution in [0.15, 0.2) is 18.2 Å². The fraction of sp³-hybridized carbons (Fsp3) is 0.417. The van der Waals surface area contributed by atoms with Crippen molar-refractivity contribution in [1.82, 2.24) is 10.3 Å². The number of hydrogen-bond donors (Lipinski definition) is 1. The number of non-ortho nitro benzene ring substituents is 1. The largest absolute Gasteiger partial charge is 0.465 e. The second kappa shape index (κ2) is 6.34. The van der Waals surface area contributed by atoms with Crippen LogP contribution in [0.4, 0.5) is 5.69 Å². The molecule has 0 radical (unpaired) electrons. The van der Waals surface area contributed by atoms with Crippen LogP contribution < -0.4 is 10.1 Å². The number of rotatable bonds is 3. The Kier molecular flexibility index (Phi) is 4.74. The lowest BCUT2D eigenvalue weighted by atomic mass is 10.1. The molecule has 1 saturated heterocycles. The molecule has 1 unspecified atom stereocenters. The number of ether oxygens (including phenoxy) is 1. The van der Waals surface area contributed by atoms with Gasteiger partial charge in [0.1, 0.15) is 6.10 Å². The zero-order chi connectivity index (χ0) is 13.2. The summed E-state index contributed by atoms with van der Waals surface area (Å²) in [6.45, 7) is 1.86. The van der Waals surface area contributed by atoms with E-state index in [2.05, 4.69) is 10.3 Å². The van der Waals surface area contributed by atoms with E-state index in [1.165, 1.54) is 23.5 Å². The molecule has 1 aliphatic rings. The van der Waals surface area contributed by atoms with Crippen LogP contribution in [0, 0.1) is 10.1 Å². The highest BCUT2D eigenvalue weighted by Gasteiger charge is 2.17. The van der Waals surface area contributed by atoms with Crippen molar-refractivity contribution in [2.24, 2.45) is 0 Å². The number of hydrogen-bond acceptors (Lipinski definition) is 6. The molecule has 1 aromatic heterocycles. The molecule has 6 nitrogen and oxygen atoms in total. The van der Waals surface area contributed by atoms with Gasteiger partial charge < -0.3 is 10.1 Å².